The number of aromatic nitrogens is 1. The van der Waals surface area contributed by atoms with Gasteiger partial charge in [0.2, 0.25) is 0 Å². The number of aryl methyl sites for hydroxylation is 1. The molecule has 0 saturated heterocycles. The van der Waals surface area contributed by atoms with E-state index in [2.05, 4.69) is 145 Å². The molecule has 7 aromatic carbocycles. The Morgan fingerprint density at radius 2 is 1.27 bits per heavy atom. The Labute approximate surface area is 255 Å². The van der Waals surface area contributed by atoms with Crippen LogP contribution in [0, 0.1) is 0 Å². The Kier molecular flexibility index (Phi) is 5.64. The number of benzene rings is 7. The number of hydrogen-bond donors (Lipinski definition) is 0. The van der Waals surface area contributed by atoms with Gasteiger partial charge in [0, 0.05) is 32.6 Å². The number of fused-ring (bicyclic) bond motifs is 9. The van der Waals surface area contributed by atoms with Crippen molar-refractivity contribution >= 4 is 65.3 Å². The van der Waals surface area contributed by atoms with E-state index in [0.29, 0.717) is 0 Å². The van der Waals surface area contributed by atoms with Crippen LogP contribution >= 0.6 is 0 Å². The second kappa shape index (κ2) is 9.86. The predicted octanol–water partition coefficient (Wildman–Crippen LogP) is 12.0. The van der Waals surface area contributed by atoms with Crippen molar-refractivity contribution in [3.63, 3.8) is 0 Å². The van der Waals surface area contributed by atoms with Crippen LogP contribution in [0.3, 0.4) is 0 Å². The summed E-state index contributed by atoms with van der Waals surface area (Å²) in [6.45, 7) is 2.25. The van der Waals surface area contributed by atoms with Crippen LogP contribution in [0.15, 0.2) is 138 Å². The van der Waals surface area contributed by atoms with Gasteiger partial charge in [0.25, 0.3) is 0 Å². The van der Waals surface area contributed by atoms with E-state index < -0.39 is 0 Å². The summed E-state index contributed by atoms with van der Waals surface area (Å²) < 4.78 is 8.92. The average molecular weight is 566 g/mol. The summed E-state index contributed by atoms with van der Waals surface area (Å²) >= 11 is 0. The van der Waals surface area contributed by atoms with E-state index in [1.807, 2.05) is 0 Å². The third-order valence-electron chi connectivity index (χ3n) is 9.33. The monoisotopic (exact) mass is 565 g/mol. The molecule has 0 saturated carbocycles. The number of nitrogens with zero attached hydrogens (tertiary/aromatic N) is 1. The van der Waals surface area contributed by atoms with Crippen LogP contribution in [0.1, 0.15) is 25.3 Å². The van der Waals surface area contributed by atoms with Gasteiger partial charge in [-0.25, -0.2) is 0 Å². The first-order valence-electron chi connectivity index (χ1n) is 15.7. The van der Waals surface area contributed by atoms with Crippen molar-refractivity contribution in [3.8, 4) is 16.8 Å². The zero-order valence-corrected chi connectivity index (χ0v) is 24.7. The van der Waals surface area contributed by atoms with Gasteiger partial charge in [-0.1, -0.05) is 92.2 Å². The van der Waals surface area contributed by atoms with Crippen LogP contribution in [0.2, 0.25) is 0 Å². The van der Waals surface area contributed by atoms with E-state index in [1.54, 1.807) is 0 Å². The van der Waals surface area contributed by atoms with E-state index in [4.69, 9.17) is 4.42 Å². The van der Waals surface area contributed by atoms with Crippen molar-refractivity contribution in [2.24, 2.45) is 0 Å². The van der Waals surface area contributed by atoms with Crippen LogP contribution in [0.4, 0.5) is 0 Å². The molecule has 9 rings (SSSR count). The molecular weight excluding hydrogens is 534 g/mol. The molecular formula is C42H31NO. The van der Waals surface area contributed by atoms with Gasteiger partial charge in [-0.2, -0.15) is 0 Å². The topological polar surface area (TPSA) is 18.1 Å². The van der Waals surface area contributed by atoms with Crippen LogP contribution in [-0.2, 0) is 6.42 Å². The van der Waals surface area contributed by atoms with Gasteiger partial charge in [0.05, 0.1) is 11.0 Å². The van der Waals surface area contributed by atoms with Crippen LogP contribution < -0.4 is 0 Å². The molecule has 0 aliphatic heterocycles. The Balaban J connectivity index is 1.20. The molecule has 0 radical (unpaired) electrons. The van der Waals surface area contributed by atoms with Gasteiger partial charge in [-0.05, 0) is 100 Å². The molecule has 44 heavy (non-hydrogen) atoms. The first kappa shape index (κ1) is 25.2. The minimum Gasteiger partial charge on any atom is -0.455 e. The summed E-state index contributed by atoms with van der Waals surface area (Å²) in [6, 6.07) is 48.9. The van der Waals surface area contributed by atoms with Gasteiger partial charge in [0.1, 0.15) is 11.2 Å². The second-order valence-electron chi connectivity index (χ2n) is 12.0. The standard InChI is InChI=1S/C42H31NO/c1-2-3-8-27-13-14-29-16-20-35-38-26-32(18-22-41(38)44-42(35)36(29)23-27)31-17-21-40-37(25-31)34-11-6-7-12-39(34)43(40)33-19-15-28-9-4-5-10-30(28)24-33/h4-7,9-26H,2-3,8H2,1H3. The van der Waals surface area contributed by atoms with Crippen molar-refractivity contribution in [3.05, 3.63) is 139 Å². The zero-order chi connectivity index (χ0) is 29.2. The van der Waals surface area contributed by atoms with Crippen LogP contribution in [0.25, 0.3) is 82.1 Å². The van der Waals surface area contributed by atoms with E-state index in [1.165, 1.54) is 84.0 Å². The third-order valence-corrected chi connectivity index (χ3v) is 9.33. The lowest BCUT2D eigenvalue weighted by Gasteiger charge is -2.10. The minimum atomic E-state index is 0.934. The van der Waals surface area contributed by atoms with Crippen LogP contribution in [-0.4, -0.2) is 4.57 Å². The summed E-state index contributed by atoms with van der Waals surface area (Å²) in [6.07, 6.45) is 3.51. The molecule has 0 N–H and O–H groups in total. The van der Waals surface area contributed by atoms with E-state index >= 15 is 0 Å². The number of unbranched alkanes of at least 4 members (excludes halogenated alkanes) is 1. The van der Waals surface area contributed by atoms with E-state index in [9.17, 15) is 0 Å². The molecule has 2 heterocycles. The van der Waals surface area contributed by atoms with Gasteiger partial charge < -0.3 is 8.98 Å². The molecule has 9 aromatic rings. The van der Waals surface area contributed by atoms with Crippen LogP contribution in [0.5, 0.6) is 0 Å². The first-order chi connectivity index (χ1) is 21.7. The Morgan fingerprint density at radius 1 is 0.523 bits per heavy atom. The fraction of sp³-hybridized carbons (Fsp3) is 0.0952. The lowest BCUT2D eigenvalue weighted by molar-refractivity contribution is 0.672. The molecule has 0 fully saturated rings. The average Bonchev–Trinajstić information content (AvgIpc) is 3.62. The summed E-state index contributed by atoms with van der Waals surface area (Å²) in [5.41, 5.74) is 9.32. The smallest absolute Gasteiger partial charge is 0.143 e. The summed E-state index contributed by atoms with van der Waals surface area (Å²) in [5, 5.41) is 9.80. The van der Waals surface area contributed by atoms with Crippen molar-refractivity contribution in [2.45, 2.75) is 26.2 Å². The fourth-order valence-electron chi connectivity index (χ4n) is 7.06. The molecule has 2 nitrogen and oxygen atoms in total. The van der Waals surface area contributed by atoms with Crippen molar-refractivity contribution in [1.82, 2.24) is 4.57 Å². The molecule has 0 bridgehead atoms. The molecule has 0 spiro atoms. The minimum absolute atomic E-state index is 0.934. The number of hydrogen-bond acceptors (Lipinski definition) is 1. The highest BCUT2D eigenvalue weighted by atomic mass is 16.3. The fourth-order valence-corrected chi connectivity index (χ4v) is 7.06. The summed E-state index contributed by atoms with van der Waals surface area (Å²) in [7, 11) is 0. The predicted molar refractivity (Wildman–Crippen MR) is 187 cm³/mol. The Bertz CT molecular complexity index is 2540. The highest BCUT2D eigenvalue weighted by Crippen LogP contribution is 2.39. The van der Waals surface area contributed by atoms with Gasteiger partial charge in [0.15, 0.2) is 0 Å². The normalized spacial score (nSPS) is 12.0. The summed E-state index contributed by atoms with van der Waals surface area (Å²) in [5.74, 6) is 0. The maximum absolute atomic E-state index is 6.52. The Hall–Kier alpha value is -5.34. The molecule has 2 aromatic heterocycles. The zero-order valence-electron chi connectivity index (χ0n) is 24.7. The first-order valence-corrected chi connectivity index (χ1v) is 15.7. The lowest BCUT2D eigenvalue weighted by Crippen LogP contribution is -1.93. The van der Waals surface area contributed by atoms with E-state index in [-0.39, 0.29) is 0 Å². The molecule has 0 aliphatic carbocycles. The van der Waals surface area contributed by atoms with Gasteiger partial charge in [-0.15, -0.1) is 0 Å². The summed E-state index contributed by atoms with van der Waals surface area (Å²) in [4.78, 5) is 0. The molecule has 0 amide bonds. The highest BCUT2D eigenvalue weighted by Gasteiger charge is 2.15. The molecule has 0 aliphatic rings. The highest BCUT2D eigenvalue weighted by molar-refractivity contribution is 6.16. The van der Waals surface area contributed by atoms with Crippen molar-refractivity contribution < 1.29 is 4.42 Å². The largest absolute Gasteiger partial charge is 0.455 e. The SMILES string of the molecule is CCCCc1ccc2ccc3c4cc(-c5ccc6c(c5)c5ccccc5n6-c5ccc6ccccc6c5)ccc4oc3c2c1. The van der Waals surface area contributed by atoms with Gasteiger partial charge in [-0.3, -0.25) is 0 Å². The maximum Gasteiger partial charge on any atom is 0.143 e. The second-order valence-corrected chi connectivity index (χ2v) is 12.0. The number of furan rings is 1. The third kappa shape index (κ3) is 3.88. The van der Waals surface area contributed by atoms with Gasteiger partial charge >= 0.3 is 0 Å². The lowest BCUT2D eigenvalue weighted by atomic mass is 9.99. The van der Waals surface area contributed by atoms with Crippen molar-refractivity contribution in [1.29, 1.82) is 0 Å². The number of para-hydroxylation sites is 1. The Morgan fingerprint density at radius 3 is 2.18 bits per heavy atom. The van der Waals surface area contributed by atoms with Crippen molar-refractivity contribution in [2.75, 3.05) is 0 Å². The molecule has 2 heteroatoms. The molecule has 210 valence electrons. The molecule has 0 unspecified atom stereocenters. The maximum atomic E-state index is 6.52. The quantitative estimate of drug-likeness (QED) is 0.203. The number of rotatable bonds is 5. The van der Waals surface area contributed by atoms with E-state index in [0.717, 1.165) is 23.0 Å². The molecule has 0 atom stereocenters.